The van der Waals surface area contributed by atoms with Gasteiger partial charge in [0.2, 0.25) is 0 Å². The number of carbonyl (C=O) groups excluding carboxylic acids is 1. The molecule has 0 atom stereocenters. The number of nitrogens with one attached hydrogen (secondary N) is 1. The van der Waals surface area contributed by atoms with Crippen LogP contribution in [0, 0.1) is 0 Å². The number of hydrogen-bond donors (Lipinski definition) is 1. The standard InChI is InChI=1S/C13H14F3NO2/c1-3-19-12(18)9(2)8-17-11-6-4-5-10(7-11)13(14,15)16/h4-7,17H,2-3,8H2,1H3. The van der Waals surface area contributed by atoms with Crippen LogP contribution in [0.15, 0.2) is 36.4 Å². The van der Waals surface area contributed by atoms with E-state index in [2.05, 4.69) is 11.9 Å². The van der Waals surface area contributed by atoms with Crippen molar-refractivity contribution in [2.45, 2.75) is 13.1 Å². The van der Waals surface area contributed by atoms with E-state index in [9.17, 15) is 18.0 Å². The molecule has 0 fully saturated rings. The first-order chi connectivity index (χ1) is 8.84. The second-order valence-corrected chi connectivity index (χ2v) is 3.76. The first kappa shape index (κ1) is 15.1. The number of carbonyl (C=O) groups is 1. The maximum absolute atomic E-state index is 12.5. The number of rotatable bonds is 5. The fourth-order valence-electron chi connectivity index (χ4n) is 1.32. The lowest BCUT2D eigenvalue weighted by Gasteiger charge is -2.11. The van der Waals surface area contributed by atoms with Crippen LogP contribution in [0.25, 0.3) is 0 Å². The largest absolute Gasteiger partial charge is 0.463 e. The number of hydrogen-bond acceptors (Lipinski definition) is 3. The van der Waals surface area contributed by atoms with Gasteiger partial charge in [-0.1, -0.05) is 12.6 Å². The molecule has 1 aromatic carbocycles. The molecule has 0 aliphatic carbocycles. The van der Waals surface area contributed by atoms with Crippen molar-refractivity contribution in [3.05, 3.63) is 42.0 Å². The molecule has 0 spiro atoms. The van der Waals surface area contributed by atoms with Gasteiger partial charge < -0.3 is 10.1 Å². The van der Waals surface area contributed by atoms with Crippen LogP contribution in [0.4, 0.5) is 18.9 Å². The highest BCUT2D eigenvalue weighted by Gasteiger charge is 2.30. The predicted octanol–water partition coefficient (Wildman–Crippen LogP) is 3.24. The SMILES string of the molecule is C=C(CNc1cccc(C(F)(F)F)c1)C(=O)OCC. The Balaban J connectivity index is 2.64. The van der Waals surface area contributed by atoms with Gasteiger partial charge in [0.15, 0.2) is 0 Å². The summed E-state index contributed by atoms with van der Waals surface area (Å²) in [5.74, 6) is -0.568. The van der Waals surface area contributed by atoms with Gasteiger partial charge in [-0.3, -0.25) is 0 Å². The van der Waals surface area contributed by atoms with Crippen LogP contribution in [0.1, 0.15) is 12.5 Å². The van der Waals surface area contributed by atoms with E-state index in [4.69, 9.17) is 4.74 Å². The summed E-state index contributed by atoms with van der Waals surface area (Å²) in [7, 11) is 0. The summed E-state index contributed by atoms with van der Waals surface area (Å²) in [4.78, 5) is 11.2. The van der Waals surface area contributed by atoms with Gasteiger partial charge in [0.05, 0.1) is 12.2 Å². The van der Waals surface area contributed by atoms with E-state index < -0.39 is 17.7 Å². The van der Waals surface area contributed by atoms with Crippen LogP contribution in [0.3, 0.4) is 0 Å². The molecule has 0 aliphatic heterocycles. The molecule has 1 N–H and O–H groups in total. The van der Waals surface area contributed by atoms with Crippen molar-refractivity contribution in [1.29, 1.82) is 0 Å². The van der Waals surface area contributed by atoms with Gasteiger partial charge in [0, 0.05) is 17.8 Å². The molecule has 104 valence electrons. The smallest absolute Gasteiger partial charge is 0.416 e. The molecule has 19 heavy (non-hydrogen) atoms. The maximum Gasteiger partial charge on any atom is 0.416 e. The second-order valence-electron chi connectivity index (χ2n) is 3.76. The van der Waals surface area contributed by atoms with Crippen molar-refractivity contribution in [1.82, 2.24) is 0 Å². The van der Waals surface area contributed by atoms with Crippen molar-refractivity contribution < 1.29 is 22.7 Å². The molecule has 0 saturated heterocycles. The van der Waals surface area contributed by atoms with E-state index in [-0.39, 0.29) is 24.4 Å². The van der Waals surface area contributed by atoms with E-state index in [1.54, 1.807) is 6.92 Å². The first-order valence-corrected chi connectivity index (χ1v) is 5.60. The molecule has 0 aliphatic rings. The Morgan fingerprint density at radius 1 is 1.42 bits per heavy atom. The van der Waals surface area contributed by atoms with Crippen LogP contribution in [-0.4, -0.2) is 19.1 Å². The minimum Gasteiger partial charge on any atom is -0.463 e. The lowest BCUT2D eigenvalue weighted by Crippen LogP contribution is -2.15. The molecule has 1 rings (SSSR count). The first-order valence-electron chi connectivity index (χ1n) is 5.60. The average Bonchev–Trinajstić information content (AvgIpc) is 2.35. The van der Waals surface area contributed by atoms with Gasteiger partial charge in [-0.2, -0.15) is 13.2 Å². The Morgan fingerprint density at radius 2 is 2.11 bits per heavy atom. The Bertz CT molecular complexity index is 469. The Hall–Kier alpha value is -1.98. The Kier molecular flexibility index (Phi) is 4.97. The van der Waals surface area contributed by atoms with Crippen LogP contribution in [0.5, 0.6) is 0 Å². The van der Waals surface area contributed by atoms with Gasteiger partial charge in [0.1, 0.15) is 0 Å². The predicted molar refractivity (Wildman–Crippen MR) is 65.7 cm³/mol. The number of esters is 1. The zero-order chi connectivity index (χ0) is 14.5. The molecule has 0 radical (unpaired) electrons. The summed E-state index contributed by atoms with van der Waals surface area (Å²) < 4.78 is 42.1. The van der Waals surface area contributed by atoms with Crippen molar-refractivity contribution in [2.24, 2.45) is 0 Å². The van der Waals surface area contributed by atoms with Crippen LogP contribution in [-0.2, 0) is 15.7 Å². The topological polar surface area (TPSA) is 38.3 Å². The third kappa shape index (κ3) is 4.65. The van der Waals surface area contributed by atoms with E-state index in [1.807, 2.05) is 0 Å². The third-order valence-corrected chi connectivity index (χ3v) is 2.26. The third-order valence-electron chi connectivity index (χ3n) is 2.26. The highest BCUT2D eigenvalue weighted by atomic mass is 19.4. The minimum absolute atomic E-state index is 0.0279. The van der Waals surface area contributed by atoms with E-state index in [0.717, 1.165) is 12.1 Å². The highest BCUT2D eigenvalue weighted by Crippen LogP contribution is 2.30. The molecule has 0 bridgehead atoms. The normalized spacial score (nSPS) is 10.9. The van der Waals surface area contributed by atoms with E-state index >= 15 is 0 Å². The molecular weight excluding hydrogens is 259 g/mol. The summed E-state index contributed by atoms with van der Waals surface area (Å²) in [6.45, 7) is 5.41. The van der Waals surface area contributed by atoms with Gasteiger partial charge in [-0.15, -0.1) is 0 Å². The quantitative estimate of drug-likeness (QED) is 0.661. The molecule has 0 aromatic heterocycles. The fraction of sp³-hybridized carbons (Fsp3) is 0.308. The zero-order valence-corrected chi connectivity index (χ0v) is 10.4. The highest BCUT2D eigenvalue weighted by molar-refractivity contribution is 5.88. The average molecular weight is 273 g/mol. The Morgan fingerprint density at radius 3 is 2.68 bits per heavy atom. The van der Waals surface area contributed by atoms with Crippen LogP contribution in [0.2, 0.25) is 0 Å². The summed E-state index contributed by atoms with van der Waals surface area (Å²) in [5, 5.41) is 2.70. The summed E-state index contributed by atoms with van der Waals surface area (Å²) in [6, 6.07) is 4.72. The van der Waals surface area contributed by atoms with Crippen LogP contribution < -0.4 is 5.32 Å². The maximum atomic E-state index is 12.5. The monoisotopic (exact) mass is 273 g/mol. The van der Waals surface area contributed by atoms with Crippen molar-refractivity contribution >= 4 is 11.7 Å². The van der Waals surface area contributed by atoms with Gasteiger partial charge in [-0.25, -0.2) is 4.79 Å². The summed E-state index contributed by atoms with van der Waals surface area (Å²) in [6.07, 6.45) is -4.39. The Labute approximate surface area is 109 Å². The summed E-state index contributed by atoms with van der Waals surface area (Å²) in [5.41, 5.74) is -0.334. The molecule has 0 saturated carbocycles. The molecule has 0 heterocycles. The number of benzene rings is 1. The van der Waals surface area contributed by atoms with Gasteiger partial charge >= 0.3 is 12.1 Å². The zero-order valence-electron chi connectivity index (χ0n) is 10.4. The lowest BCUT2D eigenvalue weighted by atomic mass is 10.2. The van der Waals surface area contributed by atoms with E-state index in [1.165, 1.54) is 12.1 Å². The van der Waals surface area contributed by atoms with Crippen molar-refractivity contribution in [3.63, 3.8) is 0 Å². The summed E-state index contributed by atoms with van der Waals surface area (Å²) >= 11 is 0. The number of halogens is 3. The van der Waals surface area contributed by atoms with Crippen molar-refractivity contribution in [2.75, 3.05) is 18.5 Å². The molecule has 0 amide bonds. The molecule has 0 unspecified atom stereocenters. The van der Waals surface area contributed by atoms with Crippen molar-refractivity contribution in [3.8, 4) is 0 Å². The lowest BCUT2D eigenvalue weighted by molar-refractivity contribution is -0.139. The number of anilines is 1. The molecule has 3 nitrogen and oxygen atoms in total. The fourth-order valence-corrected chi connectivity index (χ4v) is 1.32. The van der Waals surface area contributed by atoms with E-state index in [0.29, 0.717) is 0 Å². The molecular formula is C13H14F3NO2. The molecule has 6 heteroatoms. The van der Waals surface area contributed by atoms with Gasteiger partial charge in [-0.05, 0) is 25.1 Å². The second kappa shape index (κ2) is 6.26. The molecule has 1 aromatic rings. The number of ether oxygens (including phenoxy) is 1. The minimum atomic E-state index is -4.39. The number of alkyl halides is 3. The van der Waals surface area contributed by atoms with Gasteiger partial charge in [0.25, 0.3) is 0 Å². The van der Waals surface area contributed by atoms with Crippen LogP contribution >= 0.6 is 0 Å².